The number of amides is 2. The molecule has 176 valence electrons. The van der Waals surface area contributed by atoms with Crippen molar-refractivity contribution in [1.29, 1.82) is 0 Å². The second kappa shape index (κ2) is 9.75. The van der Waals surface area contributed by atoms with Crippen LogP contribution >= 0.6 is 0 Å². The molecule has 0 radical (unpaired) electrons. The second-order valence-electron chi connectivity index (χ2n) is 7.67. The first-order valence-electron chi connectivity index (χ1n) is 10.5. The summed E-state index contributed by atoms with van der Waals surface area (Å²) in [5, 5.41) is 0. The van der Waals surface area contributed by atoms with Gasteiger partial charge in [0, 0.05) is 39.1 Å². The van der Waals surface area contributed by atoms with Crippen LogP contribution < -0.4 is 14.2 Å². The van der Waals surface area contributed by atoms with Gasteiger partial charge in [0.1, 0.15) is 12.4 Å². The maximum Gasteiger partial charge on any atom is 0.267 e. The summed E-state index contributed by atoms with van der Waals surface area (Å²) < 4.78 is 51.1. The van der Waals surface area contributed by atoms with E-state index in [1.165, 1.54) is 0 Å². The fourth-order valence-corrected chi connectivity index (χ4v) is 4.70. The first kappa shape index (κ1) is 23.0. The normalized spacial score (nSPS) is 18.2. The SMILES string of the molecule is O=C(CCNS(=O)(=O)c1ccc(F)cc1)N1CCN(C(=O)C2COc3ccccc3O2)CC1. The lowest BCUT2D eigenvalue weighted by molar-refractivity contribution is -0.146. The summed E-state index contributed by atoms with van der Waals surface area (Å²) in [6.45, 7) is 1.45. The van der Waals surface area contributed by atoms with Gasteiger partial charge in [0.25, 0.3) is 5.91 Å². The van der Waals surface area contributed by atoms with Crippen molar-refractivity contribution in [1.82, 2.24) is 14.5 Å². The second-order valence-corrected chi connectivity index (χ2v) is 9.44. The molecule has 2 aliphatic heterocycles. The van der Waals surface area contributed by atoms with Crippen molar-refractivity contribution in [3.8, 4) is 11.5 Å². The lowest BCUT2D eigenvalue weighted by Crippen LogP contribution is -2.55. The molecule has 1 atom stereocenters. The van der Waals surface area contributed by atoms with E-state index in [-0.39, 0.29) is 36.3 Å². The highest BCUT2D eigenvalue weighted by Gasteiger charge is 2.33. The van der Waals surface area contributed by atoms with E-state index in [2.05, 4.69) is 4.72 Å². The van der Waals surface area contributed by atoms with Crippen LogP contribution in [0.25, 0.3) is 0 Å². The molecule has 2 heterocycles. The molecule has 2 aromatic carbocycles. The fraction of sp³-hybridized carbons (Fsp3) is 0.364. The molecule has 2 amide bonds. The van der Waals surface area contributed by atoms with Crippen LogP contribution in [0.4, 0.5) is 4.39 Å². The number of nitrogens with one attached hydrogen (secondary N) is 1. The molecule has 0 spiro atoms. The Morgan fingerprint density at radius 3 is 2.30 bits per heavy atom. The van der Waals surface area contributed by atoms with Crippen LogP contribution in [0.15, 0.2) is 53.4 Å². The summed E-state index contributed by atoms with van der Waals surface area (Å²) in [5.74, 6) is 0.193. The molecule has 4 rings (SSSR count). The molecule has 33 heavy (non-hydrogen) atoms. The van der Waals surface area contributed by atoms with Gasteiger partial charge in [-0.15, -0.1) is 0 Å². The minimum absolute atomic E-state index is 0.0231. The number of para-hydroxylation sites is 2. The molecule has 1 saturated heterocycles. The number of hydrogen-bond donors (Lipinski definition) is 1. The summed E-state index contributed by atoms with van der Waals surface area (Å²) in [6.07, 6.45) is -0.756. The van der Waals surface area contributed by atoms with Crippen LogP contribution in [0.2, 0.25) is 0 Å². The lowest BCUT2D eigenvalue weighted by atomic mass is 10.2. The lowest BCUT2D eigenvalue weighted by Gasteiger charge is -2.37. The van der Waals surface area contributed by atoms with Crippen LogP contribution in [0.1, 0.15) is 6.42 Å². The van der Waals surface area contributed by atoms with Crippen LogP contribution in [0.5, 0.6) is 11.5 Å². The van der Waals surface area contributed by atoms with Crippen LogP contribution in [0, 0.1) is 5.82 Å². The number of ether oxygens (including phenoxy) is 2. The Bertz CT molecular complexity index is 1120. The Morgan fingerprint density at radius 2 is 1.61 bits per heavy atom. The molecule has 1 N–H and O–H groups in total. The number of nitrogens with zero attached hydrogens (tertiary/aromatic N) is 2. The number of carbonyl (C=O) groups excluding carboxylic acids is 2. The van der Waals surface area contributed by atoms with Crippen LogP contribution in [0.3, 0.4) is 0 Å². The number of halogens is 1. The van der Waals surface area contributed by atoms with Crippen LogP contribution in [-0.4, -0.2) is 75.5 Å². The van der Waals surface area contributed by atoms with E-state index in [9.17, 15) is 22.4 Å². The third-order valence-corrected chi connectivity index (χ3v) is 6.96. The number of sulfonamides is 1. The Labute approximate surface area is 191 Å². The standard InChI is InChI=1S/C22H24FN3O6S/c23-16-5-7-17(8-6-16)33(29,30)24-10-9-21(27)25-11-13-26(14-12-25)22(28)20-15-31-18-3-1-2-4-19(18)32-20/h1-8,20,24H,9-15H2. The summed E-state index contributed by atoms with van der Waals surface area (Å²) in [6, 6.07) is 11.6. The number of piperazine rings is 1. The van der Waals surface area contributed by atoms with Crippen molar-refractivity contribution in [3.05, 3.63) is 54.3 Å². The maximum atomic E-state index is 13.0. The highest BCUT2D eigenvalue weighted by Crippen LogP contribution is 2.31. The highest BCUT2D eigenvalue weighted by atomic mass is 32.2. The molecule has 1 fully saturated rings. The van der Waals surface area contributed by atoms with Crippen molar-refractivity contribution in [2.24, 2.45) is 0 Å². The van der Waals surface area contributed by atoms with Crippen molar-refractivity contribution in [2.45, 2.75) is 17.4 Å². The van der Waals surface area contributed by atoms with Gasteiger partial charge in [0.15, 0.2) is 11.5 Å². The van der Waals surface area contributed by atoms with Gasteiger partial charge in [-0.2, -0.15) is 0 Å². The van der Waals surface area contributed by atoms with Gasteiger partial charge < -0.3 is 19.3 Å². The molecule has 0 bridgehead atoms. The van der Waals surface area contributed by atoms with E-state index in [4.69, 9.17) is 9.47 Å². The summed E-state index contributed by atoms with van der Waals surface area (Å²) in [5.41, 5.74) is 0. The van der Waals surface area contributed by atoms with Crippen molar-refractivity contribution in [3.63, 3.8) is 0 Å². The van der Waals surface area contributed by atoms with Gasteiger partial charge in [-0.3, -0.25) is 9.59 Å². The van der Waals surface area contributed by atoms with Gasteiger partial charge in [-0.05, 0) is 36.4 Å². The van der Waals surface area contributed by atoms with Crippen molar-refractivity contribution < 1.29 is 31.9 Å². The Morgan fingerprint density at radius 1 is 0.970 bits per heavy atom. The minimum Gasteiger partial charge on any atom is -0.485 e. The zero-order chi connectivity index (χ0) is 23.4. The molecule has 0 aliphatic carbocycles. The van der Waals surface area contributed by atoms with E-state index in [0.717, 1.165) is 24.3 Å². The molecule has 9 nitrogen and oxygen atoms in total. The van der Waals surface area contributed by atoms with E-state index < -0.39 is 21.9 Å². The van der Waals surface area contributed by atoms with Crippen molar-refractivity contribution >= 4 is 21.8 Å². The summed E-state index contributed by atoms with van der Waals surface area (Å²) >= 11 is 0. The third kappa shape index (κ3) is 5.42. The fourth-order valence-electron chi connectivity index (χ4n) is 3.67. The Kier molecular flexibility index (Phi) is 6.80. The Balaban J connectivity index is 1.22. The van der Waals surface area contributed by atoms with Gasteiger partial charge in [-0.1, -0.05) is 12.1 Å². The van der Waals surface area contributed by atoms with E-state index in [0.29, 0.717) is 37.7 Å². The molecule has 0 aromatic heterocycles. The van der Waals surface area contributed by atoms with Gasteiger partial charge in [0.2, 0.25) is 22.0 Å². The number of benzene rings is 2. The van der Waals surface area contributed by atoms with E-state index in [1.807, 2.05) is 6.07 Å². The number of hydrogen-bond acceptors (Lipinski definition) is 6. The van der Waals surface area contributed by atoms with Gasteiger partial charge in [0.05, 0.1) is 4.90 Å². The van der Waals surface area contributed by atoms with Crippen LogP contribution in [-0.2, 0) is 19.6 Å². The number of rotatable bonds is 6. The number of carbonyl (C=O) groups is 2. The van der Waals surface area contributed by atoms with E-state index in [1.54, 1.807) is 28.0 Å². The average Bonchev–Trinajstić information content (AvgIpc) is 2.83. The van der Waals surface area contributed by atoms with Crippen molar-refractivity contribution in [2.75, 3.05) is 39.3 Å². The number of fused-ring (bicyclic) bond motifs is 1. The zero-order valence-electron chi connectivity index (χ0n) is 17.8. The Hall–Kier alpha value is -3.18. The molecule has 2 aromatic rings. The zero-order valence-corrected chi connectivity index (χ0v) is 18.6. The predicted octanol–water partition coefficient (Wildman–Crippen LogP) is 1.00. The van der Waals surface area contributed by atoms with Gasteiger partial charge in [-0.25, -0.2) is 17.5 Å². The van der Waals surface area contributed by atoms with Gasteiger partial charge >= 0.3 is 0 Å². The monoisotopic (exact) mass is 477 g/mol. The maximum absolute atomic E-state index is 13.0. The molecule has 11 heteroatoms. The quantitative estimate of drug-likeness (QED) is 0.666. The molecular weight excluding hydrogens is 453 g/mol. The topological polar surface area (TPSA) is 105 Å². The predicted molar refractivity (Wildman–Crippen MR) is 116 cm³/mol. The molecular formula is C22H24FN3O6S. The summed E-state index contributed by atoms with van der Waals surface area (Å²) in [4.78, 5) is 28.4. The molecule has 2 aliphatic rings. The first-order chi connectivity index (χ1) is 15.8. The molecule has 1 unspecified atom stereocenters. The van der Waals surface area contributed by atoms with E-state index >= 15 is 0 Å². The molecule has 0 saturated carbocycles. The largest absolute Gasteiger partial charge is 0.485 e. The smallest absolute Gasteiger partial charge is 0.267 e. The highest BCUT2D eigenvalue weighted by molar-refractivity contribution is 7.89. The summed E-state index contributed by atoms with van der Waals surface area (Å²) in [7, 11) is -3.82. The first-order valence-corrected chi connectivity index (χ1v) is 12.0. The third-order valence-electron chi connectivity index (χ3n) is 5.48. The minimum atomic E-state index is -3.82. The average molecular weight is 478 g/mol.